The summed E-state index contributed by atoms with van der Waals surface area (Å²) in [5.74, 6) is 0.507. The van der Waals surface area contributed by atoms with Gasteiger partial charge in [0.2, 0.25) is 0 Å². The summed E-state index contributed by atoms with van der Waals surface area (Å²) in [4.78, 5) is 0.731. The van der Waals surface area contributed by atoms with Crippen LogP contribution < -0.4 is 4.74 Å². The normalized spacial score (nSPS) is 13.3. The molecule has 0 aliphatic carbocycles. The molecule has 1 heterocycles. The number of aliphatic hydroxyl groups is 1. The Balaban J connectivity index is 1.67. The van der Waals surface area contributed by atoms with E-state index in [1.807, 2.05) is 32.2 Å². The van der Waals surface area contributed by atoms with Crippen LogP contribution in [0.15, 0.2) is 47.8 Å². The Morgan fingerprint density at radius 3 is 2.22 bits per heavy atom. The number of rotatable bonds is 6. The van der Waals surface area contributed by atoms with Crippen molar-refractivity contribution >= 4 is 34.5 Å². The van der Waals surface area contributed by atoms with Crippen LogP contribution in [-0.2, 0) is 12.6 Å². The lowest BCUT2D eigenvalue weighted by Gasteiger charge is -2.23. The van der Waals surface area contributed by atoms with Crippen LogP contribution in [0.5, 0.6) is 5.75 Å². The van der Waals surface area contributed by atoms with E-state index in [1.54, 1.807) is 12.1 Å². The van der Waals surface area contributed by atoms with E-state index in [4.69, 9.17) is 27.9 Å². The number of hydrogen-bond acceptors (Lipinski definition) is 3. The molecule has 3 rings (SSSR count). The first kappa shape index (κ1) is 24.9. The average Bonchev–Trinajstić information content (AvgIpc) is 3.20. The number of ether oxygens (including phenoxy) is 1. The predicted molar refractivity (Wildman–Crippen MR) is 125 cm³/mol. The van der Waals surface area contributed by atoms with Crippen molar-refractivity contribution < 1.29 is 23.0 Å². The highest BCUT2D eigenvalue weighted by Crippen LogP contribution is 2.38. The molecule has 1 aromatic heterocycles. The van der Waals surface area contributed by atoms with Crippen molar-refractivity contribution in [2.45, 2.75) is 51.5 Å². The van der Waals surface area contributed by atoms with Crippen LogP contribution in [0.25, 0.3) is 11.1 Å². The van der Waals surface area contributed by atoms with Gasteiger partial charge in [0.25, 0.3) is 0 Å². The monoisotopic (exact) mass is 502 g/mol. The zero-order valence-electron chi connectivity index (χ0n) is 17.8. The summed E-state index contributed by atoms with van der Waals surface area (Å²) in [7, 11) is 0. The second-order valence-corrected chi connectivity index (χ2v) is 10.1. The maximum Gasteiger partial charge on any atom is 0.416 e. The average molecular weight is 503 g/mol. The highest BCUT2D eigenvalue weighted by atomic mass is 35.5. The van der Waals surface area contributed by atoms with E-state index in [2.05, 4.69) is 0 Å². The van der Waals surface area contributed by atoms with Crippen molar-refractivity contribution in [2.75, 3.05) is 0 Å². The van der Waals surface area contributed by atoms with Crippen LogP contribution >= 0.6 is 34.5 Å². The van der Waals surface area contributed by atoms with Crippen LogP contribution in [0, 0.1) is 0 Å². The Labute approximate surface area is 199 Å². The molecule has 1 unspecified atom stereocenters. The predicted octanol–water partition coefficient (Wildman–Crippen LogP) is 8.58. The number of aryl methyl sites for hydroxylation is 1. The van der Waals surface area contributed by atoms with Gasteiger partial charge in [-0.1, -0.05) is 41.4 Å². The van der Waals surface area contributed by atoms with Gasteiger partial charge < -0.3 is 9.84 Å². The number of thiophene rings is 1. The van der Waals surface area contributed by atoms with E-state index in [0.717, 1.165) is 28.1 Å². The van der Waals surface area contributed by atoms with Gasteiger partial charge in [0.15, 0.2) is 0 Å². The topological polar surface area (TPSA) is 29.5 Å². The molecule has 0 amide bonds. The molecule has 2 aromatic carbocycles. The Hall–Kier alpha value is -1.73. The molecule has 0 spiro atoms. The molecule has 2 nitrogen and oxygen atoms in total. The molecular weight excluding hydrogens is 480 g/mol. The minimum atomic E-state index is -4.37. The molecule has 32 heavy (non-hydrogen) atoms. The Kier molecular flexibility index (Phi) is 7.50. The highest BCUT2D eigenvalue weighted by Gasteiger charge is 2.30. The first-order valence-corrected chi connectivity index (χ1v) is 11.6. The van der Waals surface area contributed by atoms with Gasteiger partial charge in [-0.25, -0.2) is 0 Å². The molecule has 0 fully saturated rings. The third kappa shape index (κ3) is 6.19. The van der Waals surface area contributed by atoms with Crippen LogP contribution in [0.3, 0.4) is 0 Å². The minimum absolute atomic E-state index is 0.342. The minimum Gasteiger partial charge on any atom is -0.487 e. The molecule has 0 bridgehead atoms. The molecule has 1 N–H and O–H groups in total. The third-order valence-corrected chi connectivity index (χ3v) is 6.66. The molecule has 1 atom stereocenters. The van der Waals surface area contributed by atoms with Crippen molar-refractivity contribution in [3.8, 4) is 16.9 Å². The summed E-state index contributed by atoms with van der Waals surface area (Å²) in [5.41, 5.74) is 1.14. The van der Waals surface area contributed by atoms with E-state index in [9.17, 15) is 18.3 Å². The largest absolute Gasteiger partial charge is 0.487 e. The van der Waals surface area contributed by atoms with Gasteiger partial charge in [-0.15, -0.1) is 11.3 Å². The Morgan fingerprint density at radius 2 is 1.62 bits per heavy atom. The summed E-state index contributed by atoms with van der Waals surface area (Å²) in [6.45, 7) is 5.75. The molecule has 0 saturated heterocycles. The SMILES string of the molecule is CC(C)(C)Oc1ccc(CCC(O)c2cc(-c3ccc(C(F)(F)F)cc3)cs2)c(Cl)c1Cl. The summed E-state index contributed by atoms with van der Waals surface area (Å²) in [5, 5.41) is 13.2. The molecule has 0 radical (unpaired) electrons. The molecule has 0 aliphatic heterocycles. The quantitative estimate of drug-likeness (QED) is 0.365. The summed E-state index contributed by atoms with van der Waals surface area (Å²) in [6.07, 6.45) is -4.18. The molecule has 3 aromatic rings. The highest BCUT2D eigenvalue weighted by molar-refractivity contribution is 7.10. The fourth-order valence-electron chi connectivity index (χ4n) is 3.14. The van der Waals surface area contributed by atoms with Gasteiger partial charge in [-0.3, -0.25) is 0 Å². The standard InChI is InChI=1S/C24H23Cl2F3O2S/c1-23(2,3)31-19-11-7-15(21(25)22(19)26)6-10-18(30)20-12-16(13-32-20)14-4-8-17(9-5-14)24(27,28)29/h4-5,7-9,11-13,18,30H,6,10H2,1-3H3. The first-order valence-electron chi connectivity index (χ1n) is 9.95. The van der Waals surface area contributed by atoms with Gasteiger partial charge in [0.05, 0.1) is 16.7 Å². The van der Waals surface area contributed by atoms with E-state index in [-0.39, 0.29) is 0 Å². The molecule has 0 saturated carbocycles. The molecule has 8 heteroatoms. The van der Waals surface area contributed by atoms with Crippen LogP contribution in [0.4, 0.5) is 13.2 Å². The summed E-state index contributed by atoms with van der Waals surface area (Å²) < 4.78 is 44.1. The first-order chi connectivity index (χ1) is 14.8. The second-order valence-electron chi connectivity index (χ2n) is 8.43. The van der Waals surface area contributed by atoms with E-state index < -0.39 is 23.4 Å². The van der Waals surface area contributed by atoms with Crippen molar-refractivity contribution in [1.82, 2.24) is 0 Å². The van der Waals surface area contributed by atoms with Gasteiger partial charge in [-0.2, -0.15) is 13.2 Å². The number of aliphatic hydroxyl groups excluding tert-OH is 1. The lowest BCUT2D eigenvalue weighted by Crippen LogP contribution is -2.23. The lowest BCUT2D eigenvalue weighted by molar-refractivity contribution is -0.137. The fourth-order valence-corrected chi connectivity index (χ4v) is 4.55. The third-order valence-electron chi connectivity index (χ3n) is 4.72. The zero-order valence-corrected chi connectivity index (χ0v) is 20.1. The van der Waals surface area contributed by atoms with E-state index >= 15 is 0 Å². The molecule has 0 aliphatic rings. The van der Waals surface area contributed by atoms with Gasteiger partial charge in [-0.05, 0) is 79.9 Å². The van der Waals surface area contributed by atoms with Crippen LogP contribution in [-0.4, -0.2) is 10.7 Å². The van der Waals surface area contributed by atoms with Crippen molar-refractivity contribution in [2.24, 2.45) is 0 Å². The maximum absolute atomic E-state index is 12.7. The number of alkyl halides is 3. The van der Waals surface area contributed by atoms with E-state index in [1.165, 1.54) is 23.5 Å². The lowest BCUT2D eigenvalue weighted by atomic mass is 10.0. The second kappa shape index (κ2) is 9.64. The fraction of sp³-hybridized carbons (Fsp3) is 0.333. The Morgan fingerprint density at radius 1 is 0.969 bits per heavy atom. The number of benzene rings is 2. The van der Waals surface area contributed by atoms with Crippen LogP contribution in [0.2, 0.25) is 10.0 Å². The van der Waals surface area contributed by atoms with E-state index in [0.29, 0.717) is 34.2 Å². The van der Waals surface area contributed by atoms with Crippen molar-refractivity contribution in [1.29, 1.82) is 0 Å². The smallest absolute Gasteiger partial charge is 0.416 e. The van der Waals surface area contributed by atoms with Gasteiger partial charge in [0.1, 0.15) is 16.4 Å². The maximum atomic E-state index is 12.7. The van der Waals surface area contributed by atoms with Gasteiger partial charge in [0, 0.05) is 4.88 Å². The van der Waals surface area contributed by atoms with Gasteiger partial charge >= 0.3 is 6.18 Å². The van der Waals surface area contributed by atoms with Crippen molar-refractivity contribution in [3.63, 3.8) is 0 Å². The Bertz CT molecular complexity index is 1070. The van der Waals surface area contributed by atoms with Crippen LogP contribution in [0.1, 0.15) is 49.3 Å². The summed E-state index contributed by atoms with van der Waals surface area (Å²) in [6, 6.07) is 10.4. The summed E-state index contributed by atoms with van der Waals surface area (Å²) >= 11 is 14.1. The molecule has 172 valence electrons. The zero-order chi connectivity index (χ0) is 23.7. The number of halogens is 5. The number of hydrogen-bond donors (Lipinski definition) is 1. The van der Waals surface area contributed by atoms with Crippen molar-refractivity contribution in [3.05, 3.63) is 73.9 Å². The molecular formula is C24H23Cl2F3O2S.